The van der Waals surface area contributed by atoms with Crippen LogP contribution in [0.3, 0.4) is 0 Å². The van der Waals surface area contributed by atoms with Crippen LogP contribution < -0.4 is 4.74 Å². The Labute approximate surface area is 160 Å². The van der Waals surface area contributed by atoms with Gasteiger partial charge in [-0.25, -0.2) is 4.79 Å². The molecule has 1 aliphatic rings. The van der Waals surface area contributed by atoms with Crippen LogP contribution in [0.25, 0.3) is 28.0 Å². The lowest BCUT2D eigenvalue weighted by molar-refractivity contribution is 0.0529. The van der Waals surface area contributed by atoms with E-state index in [1.54, 1.807) is 13.0 Å². The molecule has 27 heavy (non-hydrogen) atoms. The first-order valence-electron chi connectivity index (χ1n) is 8.79. The van der Waals surface area contributed by atoms with Gasteiger partial charge in [-0.1, -0.05) is 66.7 Å². The second kappa shape index (κ2) is 6.66. The van der Waals surface area contributed by atoms with Crippen molar-refractivity contribution >= 4 is 38.5 Å². The summed E-state index contributed by atoms with van der Waals surface area (Å²) in [5.41, 5.74) is 2.90. The van der Waals surface area contributed by atoms with Gasteiger partial charge >= 0.3 is 5.97 Å². The molecule has 0 aliphatic carbocycles. The molecule has 0 aromatic heterocycles. The summed E-state index contributed by atoms with van der Waals surface area (Å²) in [6.07, 6.45) is 3.40. The van der Waals surface area contributed by atoms with Crippen molar-refractivity contribution in [2.45, 2.75) is 12.3 Å². The second-order valence-corrected chi connectivity index (χ2v) is 6.41. The summed E-state index contributed by atoms with van der Waals surface area (Å²) in [5.74, 6) is 0.186. The van der Waals surface area contributed by atoms with E-state index in [0.717, 1.165) is 27.5 Å². The maximum Gasteiger partial charge on any atom is 0.339 e. The SMILES string of the molecule is [B]C1([B])C=Cc2c(-c3ccccc3)c(C(=O)OCC)c3ccccc3c2O1. The molecule has 0 fully saturated rings. The predicted molar refractivity (Wildman–Crippen MR) is 109 cm³/mol. The lowest BCUT2D eigenvalue weighted by atomic mass is 9.64. The highest BCUT2D eigenvalue weighted by atomic mass is 16.5. The van der Waals surface area contributed by atoms with Crippen LogP contribution in [-0.4, -0.2) is 33.7 Å². The van der Waals surface area contributed by atoms with Crippen LogP contribution in [0.1, 0.15) is 22.8 Å². The summed E-state index contributed by atoms with van der Waals surface area (Å²) in [6, 6.07) is 17.2. The summed E-state index contributed by atoms with van der Waals surface area (Å²) in [4.78, 5) is 12.9. The van der Waals surface area contributed by atoms with E-state index in [9.17, 15) is 4.79 Å². The maximum atomic E-state index is 12.9. The fourth-order valence-corrected chi connectivity index (χ4v) is 3.44. The van der Waals surface area contributed by atoms with E-state index in [0.29, 0.717) is 17.9 Å². The summed E-state index contributed by atoms with van der Waals surface area (Å²) in [6.45, 7) is 2.08. The van der Waals surface area contributed by atoms with Crippen molar-refractivity contribution in [2.75, 3.05) is 6.61 Å². The van der Waals surface area contributed by atoms with E-state index in [2.05, 4.69) is 0 Å². The van der Waals surface area contributed by atoms with Gasteiger partial charge in [-0.15, -0.1) is 0 Å². The third kappa shape index (κ3) is 3.03. The molecule has 4 radical (unpaired) electrons. The van der Waals surface area contributed by atoms with Crippen molar-refractivity contribution in [3.05, 3.63) is 71.8 Å². The number of rotatable bonds is 3. The Balaban J connectivity index is 2.15. The standard InChI is InChI=1S/C22H16B2O3/c1-2-26-21(25)19-15-10-6-7-11-16(15)20-17(12-13-22(23,24)27-20)18(19)14-8-4-3-5-9-14/h3-13H,2H2,1H3. The quantitative estimate of drug-likeness (QED) is 0.528. The Morgan fingerprint density at radius 2 is 1.70 bits per heavy atom. The molecule has 3 aromatic rings. The minimum atomic E-state index is -1.41. The molecule has 0 N–H and O–H groups in total. The molecule has 1 heterocycles. The normalized spacial score (nSPS) is 14.4. The second-order valence-electron chi connectivity index (χ2n) is 6.41. The van der Waals surface area contributed by atoms with Gasteiger partial charge < -0.3 is 9.47 Å². The smallest absolute Gasteiger partial charge is 0.339 e. The third-order valence-electron chi connectivity index (χ3n) is 4.54. The fraction of sp³-hybridized carbons (Fsp3) is 0.136. The molecule has 0 unspecified atom stereocenters. The highest BCUT2D eigenvalue weighted by Crippen LogP contribution is 2.45. The molecule has 0 amide bonds. The van der Waals surface area contributed by atoms with Crippen molar-refractivity contribution in [1.82, 2.24) is 0 Å². The maximum absolute atomic E-state index is 12.9. The molecule has 3 aromatic carbocycles. The number of esters is 1. The van der Waals surface area contributed by atoms with E-state index in [1.807, 2.05) is 60.7 Å². The highest BCUT2D eigenvalue weighted by Gasteiger charge is 2.29. The first-order chi connectivity index (χ1) is 13.0. The van der Waals surface area contributed by atoms with Crippen LogP contribution in [-0.2, 0) is 4.74 Å². The van der Waals surface area contributed by atoms with Gasteiger partial charge in [0.15, 0.2) is 0 Å². The first kappa shape index (κ1) is 17.5. The number of hydrogen-bond acceptors (Lipinski definition) is 3. The highest BCUT2D eigenvalue weighted by molar-refractivity contribution is 6.41. The van der Waals surface area contributed by atoms with Gasteiger partial charge in [0.2, 0.25) is 0 Å². The van der Waals surface area contributed by atoms with E-state index < -0.39 is 5.40 Å². The summed E-state index contributed by atoms with van der Waals surface area (Å²) >= 11 is 0. The minimum Gasteiger partial charge on any atom is -0.502 e. The summed E-state index contributed by atoms with van der Waals surface area (Å²) in [5, 5.41) is 0.0920. The molecular formula is C22H16B2O3. The van der Waals surface area contributed by atoms with Crippen molar-refractivity contribution in [1.29, 1.82) is 0 Å². The zero-order valence-electron chi connectivity index (χ0n) is 14.9. The van der Waals surface area contributed by atoms with Gasteiger partial charge in [0.05, 0.1) is 12.2 Å². The molecule has 0 atom stereocenters. The fourth-order valence-electron chi connectivity index (χ4n) is 3.44. The van der Waals surface area contributed by atoms with Crippen LogP contribution in [0.2, 0.25) is 0 Å². The van der Waals surface area contributed by atoms with E-state index in [-0.39, 0.29) is 5.97 Å². The van der Waals surface area contributed by atoms with Crippen molar-refractivity contribution in [2.24, 2.45) is 0 Å². The van der Waals surface area contributed by atoms with Crippen LogP contribution in [0.15, 0.2) is 60.7 Å². The molecule has 5 heteroatoms. The molecule has 0 saturated heterocycles. The molecule has 0 saturated carbocycles. The number of hydrogen-bond donors (Lipinski definition) is 0. The third-order valence-corrected chi connectivity index (χ3v) is 4.54. The van der Waals surface area contributed by atoms with Gasteiger partial charge in [-0.05, 0) is 12.5 Å². The van der Waals surface area contributed by atoms with Gasteiger partial charge in [0.1, 0.15) is 21.4 Å². The lowest BCUT2D eigenvalue weighted by Gasteiger charge is -2.32. The van der Waals surface area contributed by atoms with Crippen molar-refractivity contribution in [3.63, 3.8) is 0 Å². The number of carbonyl (C=O) groups is 1. The topological polar surface area (TPSA) is 35.5 Å². The number of ether oxygens (including phenoxy) is 2. The Kier molecular flexibility index (Phi) is 4.31. The van der Waals surface area contributed by atoms with E-state index in [1.165, 1.54) is 0 Å². The average molecular weight is 350 g/mol. The molecule has 0 bridgehead atoms. The van der Waals surface area contributed by atoms with Crippen LogP contribution in [0.5, 0.6) is 5.75 Å². The number of fused-ring (bicyclic) bond motifs is 3. The van der Waals surface area contributed by atoms with Crippen LogP contribution in [0, 0.1) is 0 Å². The molecule has 128 valence electrons. The lowest BCUT2D eigenvalue weighted by Crippen LogP contribution is -2.36. The zero-order chi connectivity index (χ0) is 19.0. The summed E-state index contributed by atoms with van der Waals surface area (Å²) < 4.78 is 11.3. The monoisotopic (exact) mass is 350 g/mol. The van der Waals surface area contributed by atoms with E-state index in [4.69, 9.17) is 25.2 Å². The Bertz CT molecular complexity index is 1060. The van der Waals surface area contributed by atoms with Crippen LogP contribution >= 0.6 is 0 Å². The van der Waals surface area contributed by atoms with Crippen LogP contribution in [0.4, 0.5) is 0 Å². The predicted octanol–water partition coefficient (Wildman–Crippen LogP) is 4.08. The van der Waals surface area contributed by atoms with Gasteiger partial charge in [0, 0.05) is 27.3 Å². The van der Waals surface area contributed by atoms with Crippen molar-refractivity contribution in [3.8, 4) is 16.9 Å². The van der Waals surface area contributed by atoms with Gasteiger partial charge in [0.25, 0.3) is 0 Å². The number of benzene rings is 3. The molecule has 4 rings (SSSR count). The minimum absolute atomic E-state index is 0.291. The average Bonchev–Trinajstić information content (AvgIpc) is 2.67. The number of carbonyl (C=O) groups excluding carboxylic acids is 1. The Morgan fingerprint density at radius 3 is 2.41 bits per heavy atom. The van der Waals surface area contributed by atoms with Crippen molar-refractivity contribution < 1.29 is 14.3 Å². The molecule has 1 aliphatic heterocycles. The molecule has 3 nitrogen and oxygen atoms in total. The summed E-state index contributed by atoms with van der Waals surface area (Å²) in [7, 11) is 12.0. The van der Waals surface area contributed by atoms with Gasteiger partial charge in [-0.3, -0.25) is 0 Å². The Hall–Kier alpha value is -2.94. The Morgan fingerprint density at radius 1 is 1.04 bits per heavy atom. The zero-order valence-corrected chi connectivity index (χ0v) is 14.9. The first-order valence-corrected chi connectivity index (χ1v) is 8.79. The van der Waals surface area contributed by atoms with E-state index >= 15 is 0 Å². The molecular weight excluding hydrogens is 334 g/mol. The largest absolute Gasteiger partial charge is 0.502 e. The molecule has 0 spiro atoms. The van der Waals surface area contributed by atoms with Gasteiger partial charge in [-0.2, -0.15) is 0 Å².